The number of aliphatic carboxylic acids is 1. The molecule has 0 aromatic heterocycles. The van der Waals surface area contributed by atoms with Crippen molar-refractivity contribution in [1.82, 2.24) is 0 Å². The van der Waals surface area contributed by atoms with Crippen molar-refractivity contribution < 1.29 is 15.0 Å². The Morgan fingerprint density at radius 3 is 1.96 bits per heavy atom. The Hall–Kier alpha value is -0.570. The van der Waals surface area contributed by atoms with Gasteiger partial charge in [0.1, 0.15) is 0 Å². The first-order valence-electron chi connectivity index (χ1n) is 9.77. The van der Waals surface area contributed by atoms with Crippen LogP contribution in [0.15, 0.2) is 0 Å². The quantitative estimate of drug-likeness (QED) is 0.345. The van der Waals surface area contributed by atoms with E-state index in [-0.39, 0.29) is 17.9 Å². The first kappa shape index (κ1) is 22.4. The summed E-state index contributed by atoms with van der Waals surface area (Å²) in [5, 5.41) is 18.8. The molecule has 3 nitrogen and oxygen atoms in total. The maximum atomic E-state index is 10.6. The van der Waals surface area contributed by atoms with E-state index in [4.69, 9.17) is 5.11 Å². The summed E-state index contributed by atoms with van der Waals surface area (Å²) in [6.45, 7) is 6.50. The molecule has 0 aromatic rings. The molecule has 0 aliphatic rings. The molecule has 2 N–H and O–H groups in total. The van der Waals surface area contributed by atoms with Crippen molar-refractivity contribution in [3.63, 3.8) is 0 Å². The standard InChI is InChI=1S/C20H40O3/c1-4-5-6-7-8-9-10-11-13-18(21)14-12-16-20(2,3)17-15-19(22)23/h18,21H,4-17H2,1-3H3,(H,22,23). The number of carboxylic acid groups (broad SMARTS) is 1. The van der Waals surface area contributed by atoms with Gasteiger partial charge in [-0.15, -0.1) is 0 Å². The Morgan fingerprint density at radius 1 is 0.870 bits per heavy atom. The minimum absolute atomic E-state index is 0.0661. The lowest BCUT2D eigenvalue weighted by Gasteiger charge is -2.24. The molecule has 0 bridgehead atoms. The van der Waals surface area contributed by atoms with Crippen LogP contribution in [0.2, 0.25) is 0 Å². The van der Waals surface area contributed by atoms with Crippen LogP contribution in [-0.4, -0.2) is 22.3 Å². The fourth-order valence-corrected chi connectivity index (χ4v) is 3.04. The molecule has 0 saturated carbocycles. The summed E-state index contributed by atoms with van der Waals surface area (Å²) in [4.78, 5) is 10.6. The van der Waals surface area contributed by atoms with Gasteiger partial charge in [-0.2, -0.15) is 0 Å². The second-order valence-corrected chi connectivity index (χ2v) is 7.87. The molecule has 1 unspecified atom stereocenters. The third-order valence-electron chi connectivity index (χ3n) is 4.80. The van der Waals surface area contributed by atoms with Crippen molar-refractivity contribution in [2.75, 3.05) is 0 Å². The minimum atomic E-state index is -0.715. The summed E-state index contributed by atoms with van der Waals surface area (Å²) < 4.78 is 0. The molecule has 0 aliphatic carbocycles. The molecule has 0 aromatic carbocycles. The Labute approximate surface area is 143 Å². The number of aliphatic hydroxyl groups is 1. The summed E-state index contributed by atoms with van der Waals surface area (Å²) in [7, 11) is 0. The highest BCUT2D eigenvalue weighted by Crippen LogP contribution is 2.29. The van der Waals surface area contributed by atoms with Gasteiger partial charge in [-0.1, -0.05) is 78.6 Å². The van der Waals surface area contributed by atoms with Gasteiger partial charge < -0.3 is 10.2 Å². The van der Waals surface area contributed by atoms with E-state index in [1.165, 1.54) is 44.9 Å². The Bertz CT molecular complexity index is 287. The zero-order valence-corrected chi connectivity index (χ0v) is 15.8. The van der Waals surface area contributed by atoms with Gasteiger partial charge in [0.05, 0.1) is 6.10 Å². The van der Waals surface area contributed by atoms with Crippen LogP contribution in [0.3, 0.4) is 0 Å². The van der Waals surface area contributed by atoms with Crippen molar-refractivity contribution in [2.45, 2.75) is 117 Å². The lowest BCUT2D eigenvalue weighted by Crippen LogP contribution is -2.15. The largest absolute Gasteiger partial charge is 0.481 e. The molecule has 0 spiro atoms. The number of aliphatic hydroxyl groups excluding tert-OH is 1. The first-order valence-corrected chi connectivity index (χ1v) is 9.77. The second-order valence-electron chi connectivity index (χ2n) is 7.87. The lowest BCUT2D eigenvalue weighted by atomic mass is 9.82. The molecule has 138 valence electrons. The van der Waals surface area contributed by atoms with E-state index in [0.717, 1.165) is 38.5 Å². The lowest BCUT2D eigenvalue weighted by molar-refractivity contribution is -0.137. The van der Waals surface area contributed by atoms with Crippen molar-refractivity contribution in [1.29, 1.82) is 0 Å². The van der Waals surface area contributed by atoms with Crippen LogP contribution in [0.4, 0.5) is 0 Å². The highest BCUT2D eigenvalue weighted by Gasteiger charge is 2.19. The minimum Gasteiger partial charge on any atom is -0.481 e. The third-order valence-corrected chi connectivity index (χ3v) is 4.80. The van der Waals surface area contributed by atoms with Crippen LogP contribution in [0, 0.1) is 5.41 Å². The van der Waals surface area contributed by atoms with Crippen LogP contribution < -0.4 is 0 Å². The van der Waals surface area contributed by atoms with Crippen molar-refractivity contribution in [3.8, 4) is 0 Å². The van der Waals surface area contributed by atoms with Crippen LogP contribution in [-0.2, 0) is 4.79 Å². The Kier molecular flexibility index (Phi) is 13.5. The van der Waals surface area contributed by atoms with Gasteiger partial charge in [0, 0.05) is 6.42 Å². The van der Waals surface area contributed by atoms with Crippen LogP contribution >= 0.6 is 0 Å². The van der Waals surface area contributed by atoms with Gasteiger partial charge in [0.25, 0.3) is 0 Å². The Balaban J connectivity index is 3.49. The van der Waals surface area contributed by atoms with Crippen molar-refractivity contribution in [2.24, 2.45) is 5.41 Å². The third kappa shape index (κ3) is 16.1. The number of rotatable bonds is 16. The molecular weight excluding hydrogens is 288 g/mol. The SMILES string of the molecule is CCCCCCCCCCC(O)CCCC(C)(C)CCC(=O)O. The van der Waals surface area contributed by atoms with Gasteiger partial charge in [-0.25, -0.2) is 0 Å². The van der Waals surface area contributed by atoms with E-state index in [9.17, 15) is 9.90 Å². The molecule has 1 atom stereocenters. The molecule has 0 radical (unpaired) electrons. The average Bonchev–Trinajstić information content (AvgIpc) is 2.48. The zero-order valence-electron chi connectivity index (χ0n) is 15.8. The summed E-state index contributed by atoms with van der Waals surface area (Å²) >= 11 is 0. The monoisotopic (exact) mass is 328 g/mol. The van der Waals surface area contributed by atoms with E-state index in [1.807, 2.05) is 0 Å². The van der Waals surface area contributed by atoms with E-state index in [1.54, 1.807) is 0 Å². The van der Waals surface area contributed by atoms with E-state index in [0.29, 0.717) is 0 Å². The maximum Gasteiger partial charge on any atom is 0.303 e. The predicted molar refractivity (Wildman–Crippen MR) is 97.7 cm³/mol. The summed E-state index contributed by atoms with van der Waals surface area (Å²) in [5.74, 6) is -0.715. The number of carboxylic acids is 1. The number of hydrogen-bond acceptors (Lipinski definition) is 2. The van der Waals surface area contributed by atoms with E-state index < -0.39 is 5.97 Å². The predicted octanol–water partition coefficient (Wildman–Crippen LogP) is 5.94. The molecule has 0 amide bonds. The molecule has 0 fully saturated rings. The van der Waals surface area contributed by atoms with Crippen molar-refractivity contribution >= 4 is 5.97 Å². The number of carbonyl (C=O) groups is 1. The topological polar surface area (TPSA) is 57.5 Å². The van der Waals surface area contributed by atoms with Crippen LogP contribution in [0.5, 0.6) is 0 Å². The van der Waals surface area contributed by atoms with Crippen molar-refractivity contribution in [3.05, 3.63) is 0 Å². The highest BCUT2D eigenvalue weighted by molar-refractivity contribution is 5.66. The number of hydrogen-bond donors (Lipinski definition) is 2. The molecule has 0 heterocycles. The number of unbranched alkanes of at least 4 members (excludes halogenated alkanes) is 7. The summed E-state index contributed by atoms with van der Waals surface area (Å²) in [6.07, 6.45) is 15.0. The molecule has 0 aliphatic heterocycles. The average molecular weight is 329 g/mol. The fourth-order valence-electron chi connectivity index (χ4n) is 3.04. The first-order chi connectivity index (χ1) is 10.9. The molecule has 0 saturated heterocycles. The summed E-state index contributed by atoms with van der Waals surface area (Å²) in [5.41, 5.74) is 0.0661. The van der Waals surface area contributed by atoms with E-state index >= 15 is 0 Å². The van der Waals surface area contributed by atoms with Gasteiger partial charge in [0.15, 0.2) is 0 Å². The van der Waals surface area contributed by atoms with Gasteiger partial charge in [0.2, 0.25) is 0 Å². The second kappa shape index (κ2) is 13.8. The van der Waals surface area contributed by atoms with Gasteiger partial charge in [-0.3, -0.25) is 4.79 Å². The van der Waals surface area contributed by atoms with Crippen LogP contribution in [0.25, 0.3) is 0 Å². The zero-order chi connectivity index (χ0) is 17.6. The maximum absolute atomic E-state index is 10.6. The molecular formula is C20H40O3. The molecule has 23 heavy (non-hydrogen) atoms. The van der Waals surface area contributed by atoms with Gasteiger partial charge in [-0.05, 0) is 31.1 Å². The molecule has 3 heteroatoms. The normalized spacial score (nSPS) is 13.2. The van der Waals surface area contributed by atoms with Crippen LogP contribution in [0.1, 0.15) is 111 Å². The van der Waals surface area contributed by atoms with E-state index in [2.05, 4.69) is 20.8 Å². The highest BCUT2D eigenvalue weighted by atomic mass is 16.4. The summed E-state index contributed by atoms with van der Waals surface area (Å²) in [6, 6.07) is 0. The molecule has 0 rings (SSSR count). The smallest absolute Gasteiger partial charge is 0.303 e. The fraction of sp³-hybridized carbons (Fsp3) is 0.950. The van der Waals surface area contributed by atoms with Gasteiger partial charge >= 0.3 is 5.97 Å². The Morgan fingerprint density at radius 2 is 1.39 bits per heavy atom.